The lowest BCUT2D eigenvalue weighted by Gasteiger charge is -2.11. The van der Waals surface area contributed by atoms with E-state index in [1.54, 1.807) is 18.3 Å². The number of aromatic nitrogens is 1. The third kappa shape index (κ3) is 4.18. The molecule has 0 radical (unpaired) electrons. The average molecular weight is 389 g/mol. The Bertz CT molecular complexity index is 806. The predicted molar refractivity (Wildman–Crippen MR) is 95.0 cm³/mol. The van der Waals surface area contributed by atoms with Gasteiger partial charge in [-0.05, 0) is 29.8 Å². The van der Waals surface area contributed by atoms with E-state index in [-0.39, 0.29) is 5.91 Å². The quantitative estimate of drug-likeness (QED) is 0.686. The Morgan fingerprint density at radius 3 is 2.87 bits per heavy atom. The van der Waals surface area contributed by atoms with Gasteiger partial charge >= 0.3 is 0 Å². The fraction of sp³-hybridized carbons (Fsp3) is 0.0588. The van der Waals surface area contributed by atoms with Crippen LogP contribution in [0.4, 0.5) is 5.13 Å². The van der Waals surface area contributed by atoms with Crippen molar-refractivity contribution in [2.45, 2.75) is 6.61 Å². The number of nitrogens with zero attached hydrogens (tertiary/aromatic N) is 1. The second kappa shape index (κ2) is 7.39. The Hall–Kier alpha value is -2.18. The number of carbonyl (C=O) groups is 1. The van der Waals surface area contributed by atoms with Gasteiger partial charge in [-0.2, -0.15) is 0 Å². The maximum Gasteiger partial charge on any atom is 0.261 e. The van der Waals surface area contributed by atoms with Crippen molar-refractivity contribution in [3.8, 4) is 5.75 Å². The van der Waals surface area contributed by atoms with Crippen molar-refractivity contribution < 1.29 is 9.53 Å². The van der Waals surface area contributed by atoms with Crippen LogP contribution in [0.5, 0.6) is 5.75 Å². The highest BCUT2D eigenvalue weighted by atomic mass is 79.9. The average Bonchev–Trinajstić information content (AvgIpc) is 3.06. The van der Waals surface area contributed by atoms with Crippen molar-refractivity contribution in [2.24, 2.45) is 0 Å². The standard InChI is InChI=1S/C17H13BrN2O2S/c18-13-5-3-4-12(10-13)11-22-15-7-2-1-6-14(15)16(21)20-17-19-8-9-23-17/h1-10H,11H2,(H,19,20,21). The molecule has 3 rings (SSSR count). The van der Waals surface area contributed by atoms with Crippen molar-refractivity contribution in [1.82, 2.24) is 4.98 Å². The van der Waals surface area contributed by atoms with E-state index >= 15 is 0 Å². The summed E-state index contributed by atoms with van der Waals surface area (Å²) in [4.78, 5) is 16.4. The van der Waals surface area contributed by atoms with Crippen LogP contribution in [-0.2, 0) is 6.61 Å². The molecule has 1 aromatic heterocycles. The first kappa shape index (κ1) is 15.7. The molecule has 1 N–H and O–H groups in total. The first-order valence-electron chi connectivity index (χ1n) is 6.89. The molecule has 0 atom stereocenters. The van der Waals surface area contributed by atoms with E-state index in [9.17, 15) is 4.79 Å². The summed E-state index contributed by atoms with van der Waals surface area (Å²) in [7, 11) is 0. The van der Waals surface area contributed by atoms with Gasteiger partial charge in [0.25, 0.3) is 5.91 Å². The molecular weight excluding hydrogens is 376 g/mol. The third-order valence-corrected chi connectivity index (χ3v) is 4.25. The Kier molecular flexibility index (Phi) is 5.05. The Morgan fingerprint density at radius 1 is 1.22 bits per heavy atom. The number of halogens is 1. The van der Waals surface area contributed by atoms with E-state index in [4.69, 9.17) is 4.74 Å². The lowest BCUT2D eigenvalue weighted by Crippen LogP contribution is -2.13. The summed E-state index contributed by atoms with van der Waals surface area (Å²) in [5.41, 5.74) is 1.51. The highest BCUT2D eigenvalue weighted by Crippen LogP contribution is 2.22. The lowest BCUT2D eigenvalue weighted by atomic mass is 10.2. The van der Waals surface area contributed by atoms with Gasteiger partial charge < -0.3 is 4.74 Å². The number of benzene rings is 2. The van der Waals surface area contributed by atoms with Crippen LogP contribution < -0.4 is 10.1 Å². The number of thiazole rings is 1. The largest absolute Gasteiger partial charge is 0.488 e. The Balaban J connectivity index is 1.73. The van der Waals surface area contributed by atoms with Gasteiger partial charge in [0.05, 0.1) is 5.56 Å². The number of rotatable bonds is 5. The highest BCUT2D eigenvalue weighted by molar-refractivity contribution is 9.10. The zero-order valence-electron chi connectivity index (χ0n) is 12.0. The molecule has 4 nitrogen and oxygen atoms in total. The van der Waals surface area contributed by atoms with E-state index in [2.05, 4.69) is 26.2 Å². The summed E-state index contributed by atoms with van der Waals surface area (Å²) in [6.45, 7) is 0.390. The van der Waals surface area contributed by atoms with Gasteiger partial charge in [0, 0.05) is 16.0 Å². The fourth-order valence-electron chi connectivity index (χ4n) is 2.02. The number of ether oxygens (including phenoxy) is 1. The molecule has 0 unspecified atom stereocenters. The van der Waals surface area contributed by atoms with Crippen molar-refractivity contribution in [2.75, 3.05) is 5.32 Å². The molecular formula is C17H13BrN2O2S. The summed E-state index contributed by atoms with van der Waals surface area (Å²) < 4.78 is 6.81. The van der Waals surface area contributed by atoms with Crippen LogP contribution in [0.25, 0.3) is 0 Å². The van der Waals surface area contributed by atoms with Gasteiger partial charge in [-0.1, -0.05) is 40.2 Å². The molecule has 0 saturated carbocycles. The lowest BCUT2D eigenvalue weighted by molar-refractivity contribution is 0.102. The first-order chi connectivity index (χ1) is 11.2. The number of nitrogens with one attached hydrogen (secondary N) is 1. The van der Waals surface area contributed by atoms with E-state index < -0.39 is 0 Å². The molecule has 1 heterocycles. The van der Waals surface area contributed by atoms with E-state index in [0.717, 1.165) is 10.0 Å². The first-order valence-corrected chi connectivity index (χ1v) is 8.57. The van der Waals surface area contributed by atoms with E-state index in [0.29, 0.717) is 23.1 Å². The van der Waals surface area contributed by atoms with Crippen LogP contribution >= 0.6 is 27.3 Å². The van der Waals surface area contributed by atoms with Crippen LogP contribution in [0, 0.1) is 0 Å². The minimum atomic E-state index is -0.232. The van der Waals surface area contributed by atoms with Crippen LogP contribution in [-0.4, -0.2) is 10.9 Å². The van der Waals surface area contributed by atoms with Crippen LogP contribution in [0.15, 0.2) is 64.6 Å². The van der Waals surface area contributed by atoms with Crippen molar-refractivity contribution in [3.63, 3.8) is 0 Å². The smallest absolute Gasteiger partial charge is 0.261 e. The zero-order chi connectivity index (χ0) is 16.1. The molecule has 6 heteroatoms. The molecule has 0 aliphatic carbocycles. The van der Waals surface area contributed by atoms with Crippen LogP contribution in [0.3, 0.4) is 0 Å². The Morgan fingerprint density at radius 2 is 2.09 bits per heavy atom. The fourth-order valence-corrected chi connectivity index (χ4v) is 2.99. The van der Waals surface area contributed by atoms with Gasteiger partial charge in [0.1, 0.15) is 12.4 Å². The van der Waals surface area contributed by atoms with Crippen LogP contribution in [0.1, 0.15) is 15.9 Å². The molecule has 23 heavy (non-hydrogen) atoms. The minimum Gasteiger partial charge on any atom is -0.488 e. The minimum absolute atomic E-state index is 0.232. The summed E-state index contributed by atoms with van der Waals surface area (Å²) in [5.74, 6) is 0.311. The highest BCUT2D eigenvalue weighted by Gasteiger charge is 2.13. The van der Waals surface area contributed by atoms with Gasteiger partial charge in [0.15, 0.2) is 5.13 Å². The third-order valence-electron chi connectivity index (χ3n) is 3.07. The molecule has 2 aromatic carbocycles. The van der Waals surface area contributed by atoms with Crippen molar-refractivity contribution in [1.29, 1.82) is 0 Å². The summed E-state index contributed by atoms with van der Waals surface area (Å²) in [5, 5.41) is 5.14. The molecule has 0 saturated heterocycles. The van der Waals surface area contributed by atoms with Gasteiger partial charge in [-0.15, -0.1) is 11.3 Å². The molecule has 3 aromatic rings. The maximum absolute atomic E-state index is 12.4. The molecule has 1 amide bonds. The zero-order valence-corrected chi connectivity index (χ0v) is 14.4. The number of hydrogen-bond donors (Lipinski definition) is 1. The SMILES string of the molecule is O=C(Nc1nccs1)c1ccccc1OCc1cccc(Br)c1. The summed E-state index contributed by atoms with van der Waals surface area (Å²) >= 11 is 4.81. The summed E-state index contributed by atoms with van der Waals surface area (Å²) in [6, 6.07) is 15.0. The molecule has 0 aliphatic heterocycles. The number of para-hydroxylation sites is 1. The molecule has 116 valence electrons. The Labute approximate surface area is 146 Å². The molecule has 0 spiro atoms. The van der Waals surface area contributed by atoms with Gasteiger partial charge in [0.2, 0.25) is 0 Å². The second-order valence-corrected chi connectivity index (χ2v) is 6.52. The van der Waals surface area contributed by atoms with E-state index in [1.807, 2.05) is 41.8 Å². The normalized spacial score (nSPS) is 10.3. The van der Waals surface area contributed by atoms with Gasteiger partial charge in [-0.3, -0.25) is 10.1 Å². The maximum atomic E-state index is 12.4. The second-order valence-electron chi connectivity index (χ2n) is 4.71. The van der Waals surface area contributed by atoms with Gasteiger partial charge in [-0.25, -0.2) is 4.98 Å². The molecule has 0 fully saturated rings. The molecule has 0 aliphatic rings. The number of hydrogen-bond acceptors (Lipinski definition) is 4. The van der Waals surface area contributed by atoms with Crippen LogP contribution in [0.2, 0.25) is 0 Å². The van der Waals surface area contributed by atoms with E-state index in [1.165, 1.54) is 11.3 Å². The van der Waals surface area contributed by atoms with Crippen molar-refractivity contribution >= 4 is 38.3 Å². The number of amides is 1. The summed E-state index contributed by atoms with van der Waals surface area (Å²) in [6.07, 6.45) is 1.65. The number of anilines is 1. The molecule has 0 bridgehead atoms. The predicted octanol–water partition coefficient (Wildman–Crippen LogP) is 4.74. The monoisotopic (exact) mass is 388 g/mol. The number of carbonyl (C=O) groups excluding carboxylic acids is 1. The topological polar surface area (TPSA) is 51.2 Å². The van der Waals surface area contributed by atoms with Crippen molar-refractivity contribution in [3.05, 3.63) is 75.7 Å².